The van der Waals surface area contributed by atoms with Gasteiger partial charge < -0.3 is 5.32 Å². The van der Waals surface area contributed by atoms with Crippen LogP contribution in [0.3, 0.4) is 0 Å². The van der Waals surface area contributed by atoms with E-state index < -0.39 is 34.9 Å². The number of primary sulfonamides is 1. The minimum Gasteiger partial charge on any atom is -0.364 e. The van der Waals surface area contributed by atoms with E-state index in [0.717, 1.165) is 12.1 Å². The average Bonchev–Trinajstić information content (AvgIpc) is 2.23. The van der Waals surface area contributed by atoms with Gasteiger partial charge in [-0.15, -0.1) is 0 Å². The van der Waals surface area contributed by atoms with Crippen molar-refractivity contribution in [3.05, 3.63) is 17.2 Å². The summed E-state index contributed by atoms with van der Waals surface area (Å²) in [5, 5.41) is 7.31. The van der Waals surface area contributed by atoms with E-state index in [1.165, 1.54) is 0 Å². The molecule has 0 saturated heterocycles. The number of nitrogens with one attached hydrogen (secondary N) is 2. The van der Waals surface area contributed by atoms with Crippen molar-refractivity contribution in [1.82, 2.24) is 4.72 Å². The van der Waals surface area contributed by atoms with Crippen LogP contribution < -0.4 is 15.2 Å². The maximum absolute atomic E-state index is 12.1. The van der Waals surface area contributed by atoms with Crippen molar-refractivity contribution in [3.8, 4) is 0 Å². The molecule has 119 valence electrons. The summed E-state index contributed by atoms with van der Waals surface area (Å²) in [7, 11) is -8.31. The molecule has 0 aliphatic carbocycles. The number of hydrogen-bond acceptors (Lipinski definition) is 5. The van der Waals surface area contributed by atoms with Crippen LogP contribution in [-0.2, 0) is 20.0 Å². The number of rotatable bonds is 1. The fourth-order valence-electron chi connectivity index (χ4n) is 1.64. The number of alkyl halides is 3. The van der Waals surface area contributed by atoms with Gasteiger partial charge in [-0.2, -0.15) is 4.72 Å². The summed E-state index contributed by atoms with van der Waals surface area (Å²) in [6.45, 7) is 0. The number of anilines is 1. The summed E-state index contributed by atoms with van der Waals surface area (Å²) >= 11 is 22.7. The molecule has 1 aliphatic rings. The van der Waals surface area contributed by atoms with Crippen molar-refractivity contribution in [2.45, 2.75) is 19.7 Å². The Balaban J connectivity index is 0.00000242. The Morgan fingerprint density at radius 1 is 1.23 bits per heavy atom. The minimum atomic E-state index is -4.19. The van der Waals surface area contributed by atoms with Crippen molar-refractivity contribution in [2.24, 2.45) is 5.14 Å². The van der Waals surface area contributed by atoms with Gasteiger partial charge in [-0.25, -0.2) is 22.0 Å². The van der Waals surface area contributed by atoms with Crippen LogP contribution in [0.15, 0.2) is 21.9 Å². The largest absolute Gasteiger partial charge is 0.364 e. The molecule has 4 N–H and O–H groups in total. The Morgan fingerprint density at radius 2 is 1.77 bits per heavy atom. The maximum atomic E-state index is 12.1. The predicted octanol–water partition coefficient (Wildman–Crippen LogP) is 1.01. The molecule has 14 heteroatoms. The molecule has 0 fully saturated rings. The van der Waals surface area contributed by atoms with Gasteiger partial charge in [-0.3, -0.25) is 0 Å². The van der Waals surface area contributed by atoms with E-state index in [9.17, 15) is 16.8 Å². The van der Waals surface area contributed by atoms with Crippen molar-refractivity contribution in [1.29, 1.82) is 0 Å². The van der Waals surface area contributed by atoms with Crippen molar-refractivity contribution < 1.29 is 16.8 Å². The third-order valence-corrected chi connectivity index (χ3v) is 6.02. The quantitative estimate of drug-likeness (QED) is 0.433. The van der Waals surface area contributed by atoms with Crippen LogP contribution in [0.5, 0.6) is 0 Å². The van der Waals surface area contributed by atoms with Crippen LogP contribution in [0.25, 0.3) is 0 Å². The first kappa shape index (κ1) is 21.7. The molecule has 2 rings (SSSR count). The van der Waals surface area contributed by atoms with Gasteiger partial charge in [-0.05, 0) is 12.1 Å². The molecule has 0 spiro atoms. The van der Waals surface area contributed by atoms with Gasteiger partial charge in [0.25, 0.3) is 0 Å². The van der Waals surface area contributed by atoms with E-state index in [1.807, 2.05) is 0 Å². The maximum Gasteiger partial charge on any atom is 0.244 e. The molecule has 7 nitrogen and oxygen atoms in total. The SMILES string of the molecule is NS(=O)(=O)c1cc2c(cc1Cl)NC(C(Cl)(Cl)Cl)NS2(=O)=O.[K]. The third kappa shape index (κ3) is 4.62. The summed E-state index contributed by atoms with van der Waals surface area (Å²) in [5.74, 6) is 0. The molecule has 1 heterocycles. The molecular weight excluding hydrogens is 447 g/mol. The van der Waals surface area contributed by atoms with Crippen molar-refractivity contribution in [2.75, 3.05) is 5.32 Å². The van der Waals surface area contributed by atoms with Crippen molar-refractivity contribution in [3.63, 3.8) is 0 Å². The van der Waals surface area contributed by atoms with Gasteiger partial charge in [0.2, 0.25) is 23.8 Å². The molecule has 0 bridgehead atoms. The Labute approximate surface area is 189 Å². The molecule has 1 aromatic carbocycles. The van der Waals surface area contributed by atoms with Crippen LogP contribution in [0.2, 0.25) is 5.02 Å². The second-order valence-corrected chi connectivity index (χ2v) is 10.1. The van der Waals surface area contributed by atoms with Crippen LogP contribution in [0.4, 0.5) is 5.69 Å². The monoisotopic (exact) mass is 452 g/mol. The van der Waals surface area contributed by atoms with Crippen molar-refractivity contribution >= 4 is 124 Å². The molecule has 1 radical (unpaired) electrons. The van der Waals surface area contributed by atoms with E-state index in [2.05, 4.69) is 10.0 Å². The number of halogens is 4. The molecular formula is C8H7Cl4KN3O4S2. The fourth-order valence-corrected chi connectivity index (χ4v) is 4.69. The first-order chi connectivity index (χ1) is 9.32. The van der Waals surface area contributed by atoms with Gasteiger partial charge in [0, 0.05) is 51.4 Å². The zero-order valence-corrected chi connectivity index (χ0v) is 18.6. The van der Waals surface area contributed by atoms with Crippen LogP contribution in [0, 0.1) is 0 Å². The summed E-state index contributed by atoms with van der Waals surface area (Å²) < 4.78 is 47.1. The molecule has 1 unspecified atom stereocenters. The summed E-state index contributed by atoms with van der Waals surface area (Å²) in [5.41, 5.74) is -0.0116. The van der Waals surface area contributed by atoms with Gasteiger partial charge in [-0.1, -0.05) is 46.4 Å². The average molecular weight is 454 g/mol. The minimum absolute atomic E-state index is 0. The van der Waals surface area contributed by atoms with Gasteiger partial charge >= 0.3 is 0 Å². The molecule has 22 heavy (non-hydrogen) atoms. The summed E-state index contributed by atoms with van der Waals surface area (Å²) in [6.07, 6.45) is -1.25. The molecule has 1 aromatic rings. The third-order valence-electron chi connectivity index (χ3n) is 2.53. The number of fused-ring (bicyclic) bond motifs is 1. The van der Waals surface area contributed by atoms with Gasteiger partial charge in [0.1, 0.15) is 16.0 Å². The molecule has 0 amide bonds. The molecule has 1 atom stereocenters. The number of sulfonamides is 2. The number of hydrogen-bond donors (Lipinski definition) is 3. The van der Waals surface area contributed by atoms with Crippen LogP contribution >= 0.6 is 46.4 Å². The zero-order valence-electron chi connectivity index (χ0n) is 10.8. The van der Waals surface area contributed by atoms with Gasteiger partial charge in [0.15, 0.2) is 0 Å². The number of nitrogens with two attached hydrogens (primary N) is 1. The Morgan fingerprint density at radius 3 is 2.23 bits per heavy atom. The Kier molecular flexibility index (Phi) is 7.00. The van der Waals surface area contributed by atoms with E-state index in [4.69, 9.17) is 51.5 Å². The molecule has 0 saturated carbocycles. The second-order valence-electron chi connectivity index (χ2n) is 4.06. The van der Waals surface area contributed by atoms with E-state index in [1.54, 1.807) is 0 Å². The first-order valence-corrected chi connectivity index (χ1v) is 9.58. The van der Waals surface area contributed by atoms with E-state index in [-0.39, 0.29) is 67.0 Å². The first-order valence-electron chi connectivity index (χ1n) is 5.04. The second kappa shape index (κ2) is 7.10. The predicted molar refractivity (Wildman–Crippen MR) is 86.6 cm³/mol. The smallest absolute Gasteiger partial charge is 0.244 e. The van der Waals surface area contributed by atoms with Crippen LogP contribution in [0.1, 0.15) is 0 Å². The topological polar surface area (TPSA) is 118 Å². The van der Waals surface area contributed by atoms with E-state index in [0.29, 0.717) is 0 Å². The zero-order chi connectivity index (χ0) is 16.2. The molecule has 0 aromatic heterocycles. The number of benzene rings is 1. The fraction of sp³-hybridized carbons (Fsp3) is 0.250. The summed E-state index contributed by atoms with van der Waals surface area (Å²) in [6, 6.07) is 1.91. The summed E-state index contributed by atoms with van der Waals surface area (Å²) in [4.78, 5) is -0.899. The van der Waals surface area contributed by atoms with Crippen LogP contribution in [-0.4, -0.2) is 78.2 Å². The van der Waals surface area contributed by atoms with Gasteiger partial charge in [0.05, 0.1) is 10.7 Å². The Hall–Kier alpha value is 1.64. The van der Waals surface area contributed by atoms with E-state index >= 15 is 0 Å². The normalized spacial score (nSPS) is 20.5. The molecule has 1 aliphatic heterocycles. The Bertz CT molecular complexity index is 809. The standard InChI is InChI=1S/C8H7Cl4N3O4S2.K/c9-3-1-4-6(2-5(3)20(13,16)17)21(18,19)15-7(14-4)8(10,11)12;/h1-2,7,14-15H,(H2,13,16,17);.